The van der Waals surface area contributed by atoms with Gasteiger partial charge in [-0.15, -0.1) is 0 Å². The standard InChI is InChI=1S/C22H17N2O.Ir/c1-13-7-6-8-14(2)20(13)18-12-23-24-19-11-15(3)25-22(19)17-10-5-4-9-16(17)21(18)24;/h4-10,12H,1-3H3;/q-1;. The second-order valence-electron chi connectivity index (χ2n) is 6.59. The molecule has 4 heteroatoms. The van der Waals surface area contributed by atoms with Gasteiger partial charge in [-0.05, 0) is 48.6 Å². The molecule has 0 aliphatic heterocycles. The van der Waals surface area contributed by atoms with E-state index in [9.17, 15) is 0 Å². The van der Waals surface area contributed by atoms with Gasteiger partial charge in [0.25, 0.3) is 0 Å². The largest absolute Gasteiger partial charge is 0.564 e. The summed E-state index contributed by atoms with van der Waals surface area (Å²) in [6, 6.07) is 18.1. The Hall–Kier alpha value is -2.42. The van der Waals surface area contributed by atoms with Crippen LogP contribution in [0.25, 0.3) is 38.5 Å². The topological polar surface area (TPSA) is 30.4 Å². The van der Waals surface area contributed by atoms with Crippen LogP contribution < -0.4 is 0 Å². The molecule has 0 aliphatic rings. The van der Waals surface area contributed by atoms with Gasteiger partial charge in [0.15, 0.2) is 0 Å². The van der Waals surface area contributed by atoms with Crippen molar-refractivity contribution < 1.29 is 24.5 Å². The molecule has 5 aromatic rings. The van der Waals surface area contributed by atoms with Crippen molar-refractivity contribution >= 4 is 27.4 Å². The number of hydrogen-bond donors (Lipinski definition) is 0. The molecular weight excluding hydrogens is 500 g/mol. The number of benzene rings is 2. The molecule has 26 heavy (non-hydrogen) atoms. The Morgan fingerprint density at radius 1 is 0.923 bits per heavy atom. The van der Waals surface area contributed by atoms with Crippen LogP contribution in [0.2, 0.25) is 0 Å². The Balaban J connectivity index is 0.00000168. The van der Waals surface area contributed by atoms with Crippen molar-refractivity contribution in [1.29, 1.82) is 0 Å². The fourth-order valence-electron chi connectivity index (χ4n) is 3.87. The maximum atomic E-state index is 5.94. The van der Waals surface area contributed by atoms with Gasteiger partial charge in [0.05, 0.1) is 11.7 Å². The molecular formula is C22H17IrN2O-. The van der Waals surface area contributed by atoms with Crippen molar-refractivity contribution in [2.24, 2.45) is 0 Å². The molecule has 3 nitrogen and oxygen atoms in total. The summed E-state index contributed by atoms with van der Waals surface area (Å²) in [5, 5.41) is 6.94. The van der Waals surface area contributed by atoms with Gasteiger partial charge in [0.1, 0.15) is 0 Å². The van der Waals surface area contributed by atoms with Crippen molar-refractivity contribution in [2.75, 3.05) is 0 Å². The first-order chi connectivity index (χ1) is 12.1. The van der Waals surface area contributed by atoms with Gasteiger partial charge in [0, 0.05) is 31.3 Å². The maximum absolute atomic E-state index is 5.94. The van der Waals surface area contributed by atoms with Crippen LogP contribution in [0.15, 0.2) is 53.1 Å². The maximum Gasteiger partial charge on any atom is 0.0776 e. The van der Waals surface area contributed by atoms with Crippen molar-refractivity contribution in [3.05, 3.63) is 71.6 Å². The van der Waals surface area contributed by atoms with Gasteiger partial charge < -0.3 is 4.42 Å². The van der Waals surface area contributed by atoms with E-state index in [1.165, 1.54) is 16.7 Å². The minimum absolute atomic E-state index is 0. The number of aryl methyl sites for hydroxylation is 3. The SMILES string of the molecule is Cc1[c-]c2c(o1)c1ccccc1c1c(-c3c(C)cccc3C)cnn21.[Ir]. The second kappa shape index (κ2) is 6.08. The number of aromatic nitrogens is 2. The fourth-order valence-corrected chi connectivity index (χ4v) is 3.87. The summed E-state index contributed by atoms with van der Waals surface area (Å²) in [6.45, 7) is 6.23. The van der Waals surface area contributed by atoms with E-state index in [1.807, 2.05) is 23.7 Å². The molecule has 2 aromatic carbocycles. The fraction of sp³-hybridized carbons (Fsp3) is 0.136. The molecule has 0 aliphatic carbocycles. The molecule has 131 valence electrons. The number of hydrogen-bond acceptors (Lipinski definition) is 2. The van der Waals surface area contributed by atoms with Crippen LogP contribution >= 0.6 is 0 Å². The Kier molecular flexibility index (Phi) is 3.98. The molecule has 0 saturated carbocycles. The molecule has 3 aromatic heterocycles. The average molecular weight is 518 g/mol. The third kappa shape index (κ3) is 2.26. The third-order valence-corrected chi connectivity index (χ3v) is 4.92. The van der Waals surface area contributed by atoms with Crippen LogP contribution in [0.5, 0.6) is 0 Å². The van der Waals surface area contributed by atoms with Crippen LogP contribution in [0.3, 0.4) is 0 Å². The smallest absolute Gasteiger partial charge is 0.0776 e. The zero-order chi connectivity index (χ0) is 17.1. The quantitative estimate of drug-likeness (QED) is 0.270. The predicted octanol–water partition coefficient (Wildman–Crippen LogP) is 5.62. The van der Waals surface area contributed by atoms with Gasteiger partial charge in [-0.1, -0.05) is 53.4 Å². The Morgan fingerprint density at radius 2 is 1.62 bits per heavy atom. The van der Waals surface area contributed by atoms with Crippen molar-refractivity contribution in [1.82, 2.24) is 9.61 Å². The van der Waals surface area contributed by atoms with E-state index >= 15 is 0 Å². The van der Waals surface area contributed by atoms with E-state index in [0.717, 1.165) is 38.7 Å². The molecule has 0 amide bonds. The molecule has 0 saturated heterocycles. The normalized spacial score (nSPS) is 11.3. The van der Waals surface area contributed by atoms with Gasteiger partial charge in [-0.3, -0.25) is 4.52 Å². The van der Waals surface area contributed by atoms with E-state index in [1.54, 1.807) is 0 Å². The number of nitrogens with zero attached hydrogens (tertiary/aromatic N) is 2. The third-order valence-electron chi connectivity index (χ3n) is 4.92. The summed E-state index contributed by atoms with van der Waals surface area (Å²) in [7, 11) is 0. The van der Waals surface area contributed by atoms with E-state index in [4.69, 9.17) is 9.52 Å². The zero-order valence-electron chi connectivity index (χ0n) is 14.8. The van der Waals surface area contributed by atoms with E-state index in [-0.39, 0.29) is 20.1 Å². The molecule has 0 atom stereocenters. The van der Waals surface area contributed by atoms with Gasteiger partial charge in [-0.2, -0.15) is 11.2 Å². The summed E-state index contributed by atoms with van der Waals surface area (Å²) < 4.78 is 7.90. The van der Waals surface area contributed by atoms with E-state index in [0.29, 0.717) is 0 Å². The first kappa shape index (κ1) is 17.0. The minimum atomic E-state index is 0. The van der Waals surface area contributed by atoms with E-state index < -0.39 is 0 Å². The van der Waals surface area contributed by atoms with Gasteiger partial charge in [-0.25, -0.2) is 0 Å². The van der Waals surface area contributed by atoms with Gasteiger partial charge in [0.2, 0.25) is 0 Å². The summed E-state index contributed by atoms with van der Waals surface area (Å²) in [5.41, 5.74) is 7.76. The monoisotopic (exact) mass is 518 g/mol. The predicted molar refractivity (Wildman–Crippen MR) is 101 cm³/mol. The molecule has 1 radical (unpaired) electrons. The van der Waals surface area contributed by atoms with E-state index in [2.05, 4.69) is 56.3 Å². The first-order valence-electron chi connectivity index (χ1n) is 8.42. The number of fused-ring (bicyclic) bond motifs is 6. The molecule has 0 bridgehead atoms. The summed E-state index contributed by atoms with van der Waals surface area (Å²) in [6.07, 6.45) is 1.96. The van der Waals surface area contributed by atoms with Crippen molar-refractivity contribution in [3.8, 4) is 11.1 Å². The van der Waals surface area contributed by atoms with Gasteiger partial charge >= 0.3 is 0 Å². The average Bonchev–Trinajstić information content (AvgIpc) is 3.19. The molecule has 3 heterocycles. The summed E-state index contributed by atoms with van der Waals surface area (Å²) >= 11 is 0. The van der Waals surface area contributed by atoms with Crippen LogP contribution in [0.1, 0.15) is 16.9 Å². The van der Waals surface area contributed by atoms with Crippen LogP contribution in [-0.2, 0) is 20.1 Å². The molecule has 5 rings (SSSR count). The summed E-state index contributed by atoms with van der Waals surface area (Å²) in [5.74, 6) is 0.775. The number of pyridine rings is 1. The molecule has 0 fully saturated rings. The summed E-state index contributed by atoms with van der Waals surface area (Å²) in [4.78, 5) is 0. The molecule has 0 unspecified atom stereocenters. The van der Waals surface area contributed by atoms with Crippen molar-refractivity contribution in [2.45, 2.75) is 20.8 Å². The van der Waals surface area contributed by atoms with Crippen LogP contribution in [0.4, 0.5) is 0 Å². The Bertz CT molecular complexity index is 1260. The van der Waals surface area contributed by atoms with Crippen LogP contribution in [-0.4, -0.2) is 9.61 Å². The molecule has 0 N–H and O–H groups in total. The Labute approximate surface area is 165 Å². The number of furan rings is 1. The van der Waals surface area contributed by atoms with Crippen LogP contribution in [0, 0.1) is 26.8 Å². The zero-order valence-corrected chi connectivity index (χ0v) is 17.1. The number of rotatable bonds is 1. The first-order valence-corrected chi connectivity index (χ1v) is 8.42. The Morgan fingerprint density at radius 3 is 2.35 bits per heavy atom. The minimum Gasteiger partial charge on any atom is -0.564 e. The van der Waals surface area contributed by atoms with Crippen molar-refractivity contribution in [3.63, 3.8) is 0 Å². The second-order valence-corrected chi connectivity index (χ2v) is 6.59. The molecule has 0 spiro atoms.